The lowest BCUT2D eigenvalue weighted by Crippen LogP contribution is -2.51. The summed E-state index contributed by atoms with van der Waals surface area (Å²) in [6, 6.07) is 1.14. The van der Waals surface area contributed by atoms with Crippen LogP contribution in [0.2, 0.25) is 0 Å². The van der Waals surface area contributed by atoms with Gasteiger partial charge in [0.15, 0.2) is 11.6 Å². The highest BCUT2D eigenvalue weighted by Crippen LogP contribution is 2.44. The number of aromatic carboxylic acids is 1. The van der Waals surface area contributed by atoms with Crippen molar-refractivity contribution in [2.45, 2.75) is 25.0 Å². The van der Waals surface area contributed by atoms with Gasteiger partial charge in [-0.15, -0.1) is 0 Å². The van der Waals surface area contributed by atoms with Gasteiger partial charge in [-0.25, -0.2) is 9.18 Å². The lowest BCUT2D eigenvalue weighted by Gasteiger charge is -2.39. The fraction of sp³-hybridized carbons (Fsp3) is 0.412. The summed E-state index contributed by atoms with van der Waals surface area (Å²) in [7, 11) is 1.39. The molecule has 7 nitrogen and oxygen atoms in total. The van der Waals surface area contributed by atoms with Gasteiger partial charge in [-0.1, -0.05) is 0 Å². The molecule has 1 saturated heterocycles. The molecule has 1 aliphatic heterocycles. The Labute approximate surface area is 141 Å². The normalized spacial score (nSPS) is 17.6. The van der Waals surface area contributed by atoms with Crippen LogP contribution < -0.4 is 15.1 Å². The molecule has 2 heterocycles. The van der Waals surface area contributed by atoms with Gasteiger partial charge in [0, 0.05) is 25.3 Å². The van der Waals surface area contributed by atoms with Crippen LogP contribution in [0.25, 0.3) is 10.9 Å². The number of anilines is 1. The summed E-state index contributed by atoms with van der Waals surface area (Å²) in [6.07, 6.45) is 2.50. The number of carboxylic acids is 1. The van der Waals surface area contributed by atoms with Gasteiger partial charge in [-0.3, -0.25) is 4.79 Å². The van der Waals surface area contributed by atoms with Crippen LogP contribution in [0.1, 0.15) is 29.2 Å². The van der Waals surface area contributed by atoms with Crippen LogP contribution in [0, 0.1) is 5.82 Å². The molecule has 0 amide bonds. The third-order valence-corrected chi connectivity index (χ3v) is 4.75. The molecule has 8 heteroatoms. The Hall–Kier alpha value is -2.61. The number of ether oxygens (including phenoxy) is 1. The predicted octanol–water partition coefficient (Wildman–Crippen LogP) is 1.36. The minimum absolute atomic E-state index is 0.00836. The second kappa shape index (κ2) is 5.45. The quantitative estimate of drug-likeness (QED) is 0.867. The first-order chi connectivity index (χ1) is 11.9. The number of benzene rings is 1. The molecule has 25 heavy (non-hydrogen) atoms. The molecule has 1 aromatic heterocycles. The second-order valence-electron chi connectivity index (χ2n) is 6.51. The van der Waals surface area contributed by atoms with E-state index >= 15 is 0 Å². The standard InChI is InChI=1S/C17H17FN2O5/c1-25-16-13-10(4-12(18)14(16)19-5-9(21)6-19)15(22)11(17(23)24)7-20(13)8-2-3-8/h4,7-9,21H,2-3,5-6H2,1H3,(H,23,24). The summed E-state index contributed by atoms with van der Waals surface area (Å²) in [5, 5.41) is 18.8. The second-order valence-corrected chi connectivity index (χ2v) is 6.51. The summed E-state index contributed by atoms with van der Waals surface area (Å²) in [6.45, 7) is 0.555. The van der Waals surface area contributed by atoms with Crippen LogP contribution in [-0.2, 0) is 0 Å². The molecule has 1 saturated carbocycles. The van der Waals surface area contributed by atoms with Gasteiger partial charge in [-0.05, 0) is 18.9 Å². The molecule has 132 valence electrons. The average Bonchev–Trinajstić information content (AvgIpc) is 3.36. The predicted molar refractivity (Wildman–Crippen MR) is 88.2 cm³/mol. The van der Waals surface area contributed by atoms with E-state index in [0.29, 0.717) is 5.52 Å². The lowest BCUT2D eigenvalue weighted by atomic mass is 10.0. The minimum Gasteiger partial charge on any atom is -0.492 e. The van der Waals surface area contributed by atoms with E-state index in [1.807, 2.05) is 0 Å². The average molecular weight is 348 g/mol. The van der Waals surface area contributed by atoms with E-state index in [1.165, 1.54) is 13.3 Å². The van der Waals surface area contributed by atoms with Gasteiger partial charge in [0.2, 0.25) is 5.43 Å². The Bertz CT molecular complexity index is 944. The Morgan fingerprint density at radius 1 is 1.36 bits per heavy atom. The van der Waals surface area contributed by atoms with Crippen molar-refractivity contribution in [3.8, 4) is 5.75 Å². The molecule has 0 spiro atoms. The van der Waals surface area contributed by atoms with Gasteiger partial charge in [0.05, 0.1) is 24.1 Å². The number of hydrogen-bond acceptors (Lipinski definition) is 5. The molecule has 1 aliphatic carbocycles. The fourth-order valence-corrected chi connectivity index (χ4v) is 3.36. The monoisotopic (exact) mass is 348 g/mol. The van der Waals surface area contributed by atoms with Gasteiger partial charge < -0.3 is 24.4 Å². The van der Waals surface area contributed by atoms with Crippen molar-refractivity contribution in [1.82, 2.24) is 4.57 Å². The maximum Gasteiger partial charge on any atom is 0.341 e. The van der Waals surface area contributed by atoms with Crippen molar-refractivity contribution >= 4 is 22.6 Å². The van der Waals surface area contributed by atoms with Crippen LogP contribution in [0.5, 0.6) is 5.75 Å². The Balaban J connectivity index is 2.07. The first-order valence-electron chi connectivity index (χ1n) is 8.04. The number of nitrogens with zero attached hydrogens (tertiary/aromatic N) is 2. The van der Waals surface area contributed by atoms with E-state index in [4.69, 9.17) is 4.74 Å². The minimum atomic E-state index is -1.34. The van der Waals surface area contributed by atoms with Crippen LogP contribution in [0.4, 0.5) is 10.1 Å². The van der Waals surface area contributed by atoms with Crippen LogP contribution in [0.3, 0.4) is 0 Å². The van der Waals surface area contributed by atoms with Gasteiger partial charge >= 0.3 is 5.97 Å². The molecule has 1 aromatic carbocycles. The summed E-state index contributed by atoms with van der Waals surface area (Å²) in [4.78, 5) is 25.6. The van der Waals surface area contributed by atoms with Crippen molar-refractivity contribution in [1.29, 1.82) is 0 Å². The van der Waals surface area contributed by atoms with Gasteiger partial charge in [0.1, 0.15) is 11.3 Å². The Morgan fingerprint density at radius 3 is 2.56 bits per heavy atom. The van der Waals surface area contributed by atoms with E-state index in [1.54, 1.807) is 9.47 Å². The van der Waals surface area contributed by atoms with Crippen LogP contribution in [-0.4, -0.2) is 47.1 Å². The summed E-state index contributed by atoms with van der Waals surface area (Å²) >= 11 is 0. The third kappa shape index (κ3) is 2.36. The van der Waals surface area contributed by atoms with Crippen molar-refractivity contribution in [2.24, 2.45) is 0 Å². The molecule has 2 fully saturated rings. The zero-order valence-corrected chi connectivity index (χ0v) is 13.5. The number of aliphatic hydroxyl groups is 1. The Kier molecular flexibility index (Phi) is 3.47. The van der Waals surface area contributed by atoms with Gasteiger partial charge in [0.25, 0.3) is 0 Å². The number of aromatic nitrogens is 1. The molecule has 0 unspecified atom stereocenters. The molecule has 4 rings (SSSR count). The number of fused-ring (bicyclic) bond motifs is 1. The number of carboxylic acid groups (broad SMARTS) is 1. The number of pyridine rings is 1. The van der Waals surface area contributed by atoms with Crippen molar-refractivity contribution < 1.29 is 24.1 Å². The number of methoxy groups -OCH3 is 1. The van der Waals surface area contributed by atoms with Crippen LogP contribution in [0.15, 0.2) is 17.1 Å². The zero-order chi connectivity index (χ0) is 17.9. The first-order valence-corrected chi connectivity index (χ1v) is 8.04. The van der Waals surface area contributed by atoms with E-state index in [9.17, 15) is 24.2 Å². The van der Waals surface area contributed by atoms with E-state index < -0.39 is 23.3 Å². The summed E-state index contributed by atoms with van der Waals surface area (Å²) in [5.74, 6) is -1.81. The SMILES string of the molecule is COc1c(N2CC(O)C2)c(F)cc2c(=O)c(C(=O)O)cn(C3CC3)c12. The molecule has 2 N–H and O–H groups in total. The molecule has 0 atom stereocenters. The number of carbonyl (C=O) groups is 1. The van der Waals surface area contributed by atoms with Gasteiger partial charge in [-0.2, -0.15) is 0 Å². The molecule has 2 aromatic rings. The van der Waals surface area contributed by atoms with E-state index in [2.05, 4.69) is 0 Å². The zero-order valence-electron chi connectivity index (χ0n) is 13.5. The number of halogens is 1. The van der Waals surface area contributed by atoms with Crippen molar-refractivity contribution in [2.75, 3.05) is 25.1 Å². The highest BCUT2D eigenvalue weighted by Gasteiger charge is 2.34. The summed E-state index contributed by atoms with van der Waals surface area (Å²) < 4.78 is 21.9. The highest BCUT2D eigenvalue weighted by molar-refractivity contribution is 5.97. The van der Waals surface area contributed by atoms with E-state index in [-0.39, 0.29) is 41.5 Å². The maximum atomic E-state index is 14.7. The number of aliphatic hydroxyl groups excluding tert-OH is 1. The smallest absolute Gasteiger partial charge is 0.341 e. The first kappa shape index (κ1) is 15.9. The summed E-state index contributed by atoms with van der Waals surface area (Å²) in [5.41, 5.74) is -0.519. The maximum absolute atomic E-state index is 14.7. The lowest BCUT2D eigenvalue weighted by molar-refractivity contribution is 0.0694. The molecular formula is C17H17FN2O5. The number of rotatable bonds is 4. The molecule has 0 radical (unpaired) electrons. The molecular weight excluding hydrogens is 331 g/mol. The largest absolute Gasteiger partial charge is 0.492 e. The molecule has 0 bridgehead atoms. The molecule has 2 aliphatic rings. The highest BCUT2D eigenvalue weighted by atomic mass is 19.1. The number of hydrogen-bond donors (Lipinski definition) is 2. The third-order valence-electron chi connectivity index (χ3n) is 4.75. The van der Waals surface area contributed by atoms with Crippen molar-refractivity contribution in [3.05, 3.63) is 33.9 Å². The topological polar surface area (TPSA) is 92.0 Å². The Morgan fingerprint density at radius 2 is 2.04 bits per heavy atom. The number of β-amino-alcohol motifs (C(OH)–C–C–N with tert-alkyl or cyclic N) is 1. The van der Waals surface area contributed by atoms with Crippen molar-refractivity contribution in [3.63, 3.8) is 0 Å². The van der Waals surface area contributed by atoms with Crippen LogP contribution >= 0.6 is 0 Å². The fourth-order valence-electron chi connectivity index (χ4n) is 3.36. The van der Waals surface area contributed by atoms with E-state index in [0.717, 1.165) is 18.9 Å².